The fraction of sp³-hybridized carbons (Fsp3) is 0.800. The average Bonchev–Trinajstić information content (AvgIpc) is 3.50. The van der Waals surface area contributed by atoms with E-state index >= 15 is 0 Å². The van der Waals surface area contributed by atoms with Gasteiger partial charge in [0.1, 0.15) is 11.7 Å². The van der Waals surface area contributed by atoms with Gasteiger partial charge < -0.3 is 24.6 Å². The van der Waals surface area contributed by atoms with Gasteiger partial charge in [0.15, 0.2) is 11.5 Å². The molecule has 1 aliphatic heterocycles. The second-order valence-corrected chi connectivity index (χ2v) is 12.5. The van der Waals surface area contributed by atoms with Crippen molar-refractivity contribution in [3.63, 3.8) is 0 Å². The number of aryl methyl sites for hydroxylation is 1. The van der Waals surface area contributed by atoms with Crippen LogP contribution >= 0.6 is 0 Å². The van der Waals surface area contributed by atoms with Gasteiger partial charge in [-0.15, -0.1) is 0 Å². The van der Waals surface area contributed by atoms with E-state index in [0.717, 1.165) is 50.0 Å². The predicted molar refractivity (Wildman–Crippen MR) is 137 cm³/mol. The Balaban J connectivity index is 1.60. The van der Waals surface area contributed by atoms with Gasteiger partial charge in [0.25, 0.3) is 0 Å². The lowest BCUT2D eigenvalue weighted by Crippen LogP contribution is -2.72. The summed E-state index contributed by atoms with van der Waals surface area (Å²) in [6.07, 6.45) is 8.24. The number of nitrogens with one attached hydrogen (secondary N) is 1. The molecule has 35 heavy (non-hydrogen) atoms. The van der Waals surface area contributed by atoms with E-state index in [1.165, 1.54) is 24.0 Å². The number of hydrogen-bond donors (Lipinski definition) is 2. The van der Waals surface area contributed by atoms with Gasteiger partial charge in [0.2, 0.25) is 0 Å². The first-order valence-corrected chi connectivity index (χ1v) is 14.2. The van der Waals surface area contributed by atoms with Crippen LogP contribution < -0.4 is 14.8 Å². The Kier molecular flexibility index (Phi) is 5.57. The van der Waals surface area contributed by atoms with Crippen LogP contribution in [0, 0.1) is 29.6 Å². The highest BCUT2D eigenvalue weighted by atomic mass is 16.6. The molecule has 0 saturated heterocycles. The second-order valence-electron chi connectivity index (χ2n) is 12.5. The smallest absolute Gasteiger partial charge is 0.165 e. The van der Waals surface area contributed by atoms with Crippen molar-refractivity contribution >= 4 is 0 Å². The molecule has 0 amide bonds. The molecule has 10 atom stereocenters. The summed E-state index contributed by atoms with van der Waals surface area (Å²) in [5.74, 6) is 4.17. The molecule has 6 rings (SSSR count). The van der Waals surface area contributed by atoms with Crippen molar-refractivity contribution in [2.45, 2.75) is 101 Å². The summed E-state index contributed by atoms with van der Waals surface area (Å²) >= 11 is 0. The van der Waals surface area contributed by atoms with Gasteiger partial charge in [0, 0.05) is 30.0 Å². The van der Waals surface area contributed by atoms with E-state index in [9.17, 15) is 5.11 Å². The van der Waals surface area contributed by atoms with Crippen molar-refractivity contribution in [3.05, 3.63) is 23.3 Å². The molecule has 0 aromatic heterocycles. The molecule has 5 nitrogen and oxygen atoms in total. The van der Waals surface area contributed by atoms with Crippen LogP contribution in [0.2, 0.25) is 0 Å². The molecular weight excluding hydrogens is 438 g/mol. The molecule has 1 aromatic carbocycles. The maximum atomic E-state index is 12.1. The van der Waals surface area contributed by atoms with Crippen LogP contribution in [0.3, 0.4) is 0 Å². The maximum Gasteiger partial charge on any atom is 0.165 e. The van der Waals surface area contributed by atoms with Crippen molar-refractivity contribution < 1.29 is 19.3 Å². The zero-order chi connectivity index (χ0) is 24.8. The third-order valence-corrected chi connectivity index (χ3v) is 11.6. The highest BCUT2D eigenvalue weighted by Crippen LogP contribution is 2.76. The van der Waals surface area contributed by atoms with Gasteiger partial charge in [-0.25, -0.2) is 0 Å². The van der Waals surface area contributed by atoms with Crippen molar-refractivity contribution in [2.24, 2.45) is 29.6 Å². The number of methoxy groups -OCH3 is 2. The molecule has 2 N–H and O–H groups in total. The number of aliphatic hydroxyl groups is 1. The highest BCUT2D eigenvalue weighted by Gasteiger charge is 2.79. The number of fused-ring (bicyclic) bond motifs is 2. The lowest BCUT2D eigenvalue weighted by atomic mass is 9.45. The van der Waals surface area contributed by atoms with Crippen molar-refractivity contribution in [1.29, 1.82) is 0 Å². The van der Waals surface area contributed by atoms with Crippen molar-refractivity contribution in [2.75, 3.05) is 21.3 Å². The summed E-state index contributed by atoms with van der Waals surface area (Å²) in [5, 5.41) is 15.8. The van der Waals surface area contributed by atoms with Crippen LogP contribution in [0.5, 0.6) is 11.5 Å². The third-order valence-electron chi connectivity index (χ3n) is 11.6. The summed E-state index contributed by atoms with van der Waals surface area (Å²) < 4.78 is 19.7. The van der Waals surface area contributed by atoms with Gasteiger partial charge in [-0.05, 0) is 87.8 Å². The number of hydrogen-bond acceptors (Lipinski definition) is 5. The Morgan fingerprint density at radius 3 is 2.60 bits per heavy atom. The minimum atomic E-state index is -0.796. The van der Waals surface area contributed by atoms with E-state index in [1.807, 2.05) is 7.11 Å². The lowest BCUT2D eigenvalue weighted by Gasteiger charge is -2.62. The minimum absolute atomic E-state index is 0.0273. The fourth-order valence-electron chi connectivity index (χ4n) is 10.4. The lowest BCUT2D eigenvalue weighted by molar-refractivity contribution is -0.237. The van der Waals surface area contributed by atoms with Crippen LogP contribution in [0.15, 0.2) is 12.1 Å². The van der Waals surface area contributed by atoms with Gasteiger partial charge in [-0.3, -0.25) is 0 Å². The van der Waals surface area contributed by atoms with Crippen LogP contribution in [-0.4, -0.2) is 49.7 Å². The molecule has 3 saturated carbocycles. The van der Waals surface area contributed by atoms with Crippen molar-refractivity contribution in [1.82, 2.24) is 5.32 Å². The Labute approximate surface area is 211 Å². The molecule has 194 valence electrons. The molecule has 2 bridgehead atoms. The second kappa shape index (κ2) is 8.10. The molecule has 4 aliphatic carbocycles. The first-order chi connectivity index (χ1) is 16.8. The number of benzene rings is 1. The molecule has 0 radical (unpaired) electrons. The zero-order valence-electron chi connectivity index (χ0n) is 22.5. The fourth-order valence-corrected chi connectivity index (χ4v) is 10.4. The Hall–Kier alpha value is -1.30. The summed E-state index contributed by atoms with van der Waals surface area (Å²) in [4.78, 5) is 0. The predicted octanol–water partition coefficient (Wildman–Crippen LogP) is 4.87. The Bertz CT molecular complexity index is 987. The van der Waals surface area contributed by atoms with Crippen LogP contribution in [0.4, 0.5) is 0 Å². The maximum absolute atomic E-state index is 12.1. The van der Waals surface area contributed by atoms with E-state index in [0.29, 0.717) is 29.7 Å². The van der Waals surface area contributed by atoms with Gasteiger partial charge in [-0.2, -0.15) is 0 Å². The average molecular weight is 484 g/mol. The molecular formula is C30H45NO4. The molecule has 7 unspecified atom stereocenters. The largest absolute Gasteiger partial charge is 0.493 e. The van der Waals surface area contributed by atoms with Crippen LogP contribution in [-0.2, 0) is 16.6 Å². The summed E-state index contributed by atoms with van der Waals surface area (Å²) in [5.41, 5.74) is 1.51. The topological polar surface area (TPSA) is 60.0 Å². The van der Waals surface area contributed by atoms with E-state index in [1.54, 1.807) is 7.11 Å². The normalized spacial score (nSPS) is 43.9. The van der Waals surface area contributed by atoms with Gasteiger partial charge in [0.05, 0.1) is 12.7 Å². The standard InChI is InChI=1S/C30H45NO4/c1-7-9-14-28(3,32)23-16-21-19-15-20-18(25(19)31-4)12-10-17-11-13-22(33-5)26-24(17)30(20,21)27(35-26)29(23,8-2)34-6/h11,13,18-21,23,25,27,31-32H,7-10,12,14-16H2,1-6H3/t18?,19?,20?,21?,23?,25?,27-,28-,29+,30?/m0/s1. The number of rotatable bonds is 8. The zero-order valence-corrected chi connectivity index (χ0v) is 22.5. The Morgan fingerprint density at radius 2 is 1.94 bits per heavy atom. The number of ether oxygens (including phenoxy) is 3. The minimum Gasteiger partial charge on any atom is -0.493 e. The quantitative estimate of drug-likeness (QED) is 0.553. The van der Waals surface area contributed by atoms with E-state index in [4.69, 9.17) is 14.2 Å². The molecule has 1 heterocycles. The monoisotopic (exact) mass is 483 g/mol. The van der Waals surface area contributed by atoms with Crippen LogP contribution in [0.25, 0.3) is 0 Å². The van der Waals surface area contributed by atoms with Crippen LogP contribution in [0.1, 0.15) is 76.8 Å². The first kappa shape index (κ1) is 24.1. The molecule has 1 aromatic rings. The summed E-state index contributed by atoms with van der Waals surface area (Å²) in [6.45, 7) is 6.52. The molecule has 5 aliphatic rings. The molecule has 3 fully saturated rings. The molecule has 5 heteroatoms. The highest BCUT2D eigenvalue weighted by molar-refractivity contribution is 5.62. The first-order valence-electron chi connectivity index (χ1n) is 14.2. The van der Waals surface area contributed by atoms with Gasteiger partial charge >= 0.3 is 0 Å². The molecule has 1 spiro atoms. The van der Waals surface area contributed by atoms with Gasteiger partial charge in [-0.1, -0.05) is 32.8 Å². The van der Waals surface area contributed by atoms with Crippen molar-refractivity contribution in [3.8, 4) is 11.5 Å². The van der Waals surface area contributed by atoms with E-state index in [-0.39, 0.29) is 17.4 Å². The SMILES string of the molecule is CCCC[C@](C)(O)C1CC2C3CC4C(CCc5ccc(OC)c6c5C42[C@@H](O6)[C@]1(CC)OC)C3NC. The third kappa shape index (κ3) is 2.76. The van der Waals surface area contributed by atoms with E-state index < -0.39 is 11.2 Å². The summed E-state index contributed by atoms with van der Waals surface area (Å²) in [7, 11) is 5.79. The van der Waals surface area contributed by atoms with E-state index in [2.05, 4.69) is 45.3 Å². The Morgan fingerprint density at radius 1 is 1.17 bits per heavy atom. The number of unbranched alkanes of at least 4 members (excludes halogenated alkanes) is 1. The summed E-state index contributed by atoms with van der Waals surface area (Å²) in [6, 6.07) is 4.97.